The maximum absolute atomic E-state index is 13.7. The molecule has 160 valence electrons. The lowest BCUT2D eigenvalue weighted by Gasteiger charge is -2.44. The zero-order chi connectivity index (χ0) is 20.1. The zero-order valence-electron chi connectivity index (χ0n) is 17.9. The van der Waals surface area contributed by atoms with E-state index in [1.165, 1.54) is 57.9 Å². The average molecular weight is 408 g/mol. The van der Waals surface area contributed by atoms with Crippen LogP contribution >= 0.6 is 0 Å². The van der Waals surface area contributed by atoms with Crippen molar-refractivity contribution in [2.45, 2.75) is 63.5 Å². The van der Waals surface area contributed by atoms with Crippen LogP contribution in [0.25, 0.3) is 10.9 Å². The standard InChI is InChI=1S/C25H33N3O2/c29-25(27-14-13-26-12-5-4-9-19(26)15-27)21-16-28-22(18-7-2-1-3-8-18)17-30-23-11-6-10-20(21)24(23)28/h6,10-11,16,18-19,22H,1-5,7-9,12-15,17H2/t19-,22+/m0/s1. The molecule has 0 spiro atoms. The second-order valence-electron chi connectivity index (χ2n) is 9.82. The Balaban J connectivity index is 1.34. The van der Waals surface area contributed by atoms with E-state index in [9.17, 15) is 4.79 Å². The Hall–Kier alpha value is -2.01. The first kappa shape index (κ1) is 18.7. The van der Waals surface area contributed by atoms with Gasteiger partial charge in [0.15, 0.2) is 0 Å². The molecule has 2 saturated heterocycles. The number of carbonyl (C=O) groups excluding carboxylic acids is 1. The summed E-state index contributed by atoms with van der Waals surface area (Å²) >= 11 is 0. The third kappa shape index (κ3) is 3.05. The Morgan fingerprint density at radius 1 is 0.967 bits per heavy atom. The van der Waals surface area contributed by atoms with Crippen molar-refractivity contribution < 1.29 is 9.53 Å². The molecule has 0 N–H and O–H groups in total. The summed E-state index contributed by atoms with van der Waals surface area (Å²) in [4.78, 5) is 18.4. The van der Waals surface area contributed by atoms with Gasteiger partial charge in [0.05, 0.1) is 17.1 Å². The molecule has 0 bridgehead atoms. The van der Waals surface area contributed by atoms with Gasteiger partial charge in [-0.1, -0.05) is 37.8 Å². The molecule has 0 radical (unpaired) electrons. The highest BCUT2D eigenvalue weighted by Gasteiger charge is 2.35. The number of rotatable bonds is 2. The number of para-hydroxylation sites is 1. The van der Waals surface area contributed by atoms with E-state index in [0.717, 1.165) is 48.5 Å². The van der Waals surface area contributed by atoms with Gasteiger partial charge >= 0.3 is 0 Å². The van der Waals surface area contributed by atoms with Crippen LogP contribution in [0, 0.1) is 5.92 Å². The van der Waals surface area contributed by atoms with Crippen molar-refractivity contribution in [1.82, 2.24) is 14.4 Å². The van der Waals surface area contributed by atoms with Crippen LogP contribution < -0.4 is 4.74 Å². The number of aromatic nitrogens is 1. The van der Waals surface area contributed by atoms with Crippen LogP contribution in [-0.4, -0.2) is 59.1 Å². The highest BCUT2D eigenvalue weighted by atomic mass is 16.5. The van der Waals surface area contributed by atoms with E-state index in [4.69, 9.17) is 4.74 Å². The van der Waals surface area contributed by atoms with Crippen molar-refractivity contribution in [1.29, 1.82) is 0 Å². The van der Waals surface area contributed by atoms with Gasteiger partial charge in [0, 0.05) is 37.3 Å². The van der Waals surface area contributed by atoms with Gasteiger partial charge in [-0.25, -0.2) is 0 Å². The number of carbonyl (C=O) groups is 1. The summed E-state index contributed by atoms with van der Waals surface area (Å²) in [5.74, 6) is 1.82. The lowest BCUT2D eigenvalue weighted by molar-refractivity contribution is 0.0373. The first-order valence-corrected chi connectivity index (χ1v) is 12.1. The monoisotopic (exact) mass is 407 g/mol. The molecule has 1 aliphatic carbocycles. The second kappa shape index (κ2) is 7.60. The third-order valence-corrected chi connectivity index (χ3v) is 8.13. The van der Waals surface area contributed by atoms with Gasteiger partial charge in [-0.3, -0.25) is 9.69 Å². The highest BCUT2D eigenvalue weighted by Crippen LogP contribution is 2.42. The molecule has 3 aliphatic heterocycles. The van der Waals surface area contributed by atoms with E-state index in [-0.39, 0.29) is 5.91 Å². The van der Waals surface area contributed by atoms with Gasteiger partial charge in [0.2, 0.25) is 0 Å². The molecular weight excluding hydrogens is 374 g/mol. The number of nitrogens with zero attached hydrogens (tertiary/aromatic N) is 3. The molecule has 3 fully saturated rings. The Kier molecular flexibility index (Phi) is 4.74. The molecular formula is C25H33N3O2. The van der Waals surface area contributed by atoms with Crippen molar-refractivity contribution in [3.63, 3.8) is 0 Å². The minimum absolute atomic E-state index is 0.213. The van der Waals surface area contributed by atoms with E-state index >= 15 is 0 Å². The summed E-state index contributed by atoms with van der Waals surface area (Å²) < 4.78 is 8.63. The van der Waals surface area contributed by atoms with Crippen LogP contribution in [0.15, 0.2) is 24.4 Å². The van der Waals surface area contributed by atoms with Crippen LogP contribution in [0.4, 0.5) is 0 Å². The number of piperidine rings is 1. The molecule has 2 atom stereocenters. The predicted octanol–water partition coefficient (Wildman–Crippen LogP) is 4.47. The van der Waals surface area contributed by atoms with Gasteiger partial charge in [-0.2, -0.15) is 0 Å². The Labute approximate surface area is 179 Å². The summed E-state index contributed by atoms with van der Waals surface area (Å²) in [7, 11) is 0. The number of ether oxygens (including phenoxy) is 1. The van der Waals surface area contributed by atoms with Crippen LogP contribution in [0.3, 0.4) is 0 Å². The summed E-state index contributed by atoms with van der Waals surface area (Å²) in [6.45, 7) is 4.70. The fourth-order valence-corrected chi connectivity index (χ4v) is 6.48. The van der Waals surface area contributed by atoms with Crippen molar-refractivity contribution in [2.75, 3.05) is 32.8 Å². The van der Waals surface area contributed by atoms with Crippen LogP contribution in [0.2, 0.25) is 0 Å². The minimum atomic E-state index is 0.213. The SMILES string of the molecule is O=C(c1cn2c3c(cccc13)OC[C@@H]2C1CCCCC1)N1CCN2CCCC[C@H]2C1. The van der Waals surface area contributed by atoms with Gasteiger partial charge < -0.3 is 14.2 Å². The van der Waals surface area contributed by atoms with Crippen LogP contribution in [0.5, 0.6) is 5.75 Å². The normalized spacial score (nSPS) is 27.7. The van der Waals surface area contributed by atoms with Crippen molar-refractivity contribution >= 4 is 16.8 Å². The highest BCUT2D eigenvalue weighted by molar-refractivity contribution is 6.08. The molecule has 30 heavy (non-hydrogen) atoms. The lowest BCUT2D eigenvalue weighted by Crippen LogP contribution is -2.56. The smallest absolute Gasteiger partial charge is 0.256 e. The number of hydrogen-bond acceptors (Lipinski definition) is 3. The topological polar surface area (TPSA) is 37.7 Å². The lowest BCUT2D eigenvalue weighted by atomic mass is 9.83. The molecule has 5 heteroatoms. The van der Waals surface area contributed by atoms with E-state index in [2.05, 4.69) is 32.7 Å². The quantitative estimate of drug-likeness (QED) is 0.737. The van der Waals surface area contributed by atoms with Crippen molar-refractivity contribution in [3.8, 4) is 5.75 Å². The van der Waals surface area contributed by atoms with Gasteiger partial charge in [-0.15, -0.1) is 0 Å². The molecule has 4 heterocycles. The van der Waals surface area contributed by atoms with Gasteiger partial charge in [0.25, 0.3) is 5.91 Å². The fourth-order valence-electron chi connectivity index (χ4n) is 6.48. The maximum Gasteiger partial charge on any atom is 0.256 e. The van der Waals surface area contributed by atoms with Gasteiger partial charge in [-0.05, 0) is 44.2 Å². The fraction of sp³-hybridized carbons (Fsp3) is 0.640. The molecule has 2 aromatic rings. The molecule has 1 aromatic heterocycles. The molecule has 6 rings (SSSR count). The first-order chi connectivity index (χ1) is 14.8. The predicted molar refractivity (Wildman–Crippen MR) is 118 cm³/mol. The molecule has 1 amide bonds. The number of piperazine rings is 1. The number of hydrogen-bond donors (Lipinski definition) is 0. The first-order valence-electron chi connectivity index (χ1n) is 12.1. The van der Waals surface area contributed by atoms with E-state index < -0.39 is 0 Å². The summed E-state index contributed by atoms with van der Waals surface area (Å²) in [5, 5.41) is 1.07. The molecule has 1 aromatic carbocycles. The van der Waals surface area contributed by atoms with E-state index in [1.807, 2.05) is 6.07 Å². The van der Waals surface area contributed by atoms with Crippen LogP contribution in [0.1, 0.15) is 67.8 Å². The Morgan fingerprint density at radius 2 is 1.83 bits per heavy atom. The number of amides is 1. The molecule has 0 unspecified atom stereocenters. The third-order valence-electron chi connectivity index (χ3n) is 8.13. The zero-order valence-corrected chi connectivity index (χ0v) is 17.9. The Bertz CT molecular complexity index is 945. The van der Waals surface area contributed by atoms with Crippen molar-refractivity contribution in [2.24, 2.45) is 5.92 Å². The minimum Gasteiger partial charge on any atom is -0.489 e. The molecule has 5 nitrogen and oxygen atoms in total. The number of fused-ring (bicyclic) bond motifs is 1. The maximum atomic E-state index is 13.7. The Morgan fingerprint density at radius 3 is 2.73 bits per heavy atom. The summed E-state index contributed by atoms with van der Waals surface area (Å²) in [5.41, 5.74) is 2.02. The van der Waals surface area contributed by atoms with E-state index in [0.29, 0.717) is 18.0 Å². The molecule has 1 saturated carbocycles. The second-order valence-corrected chi connectivity index (χ2v) is 9.82. The van der Waals surface area contributed by atoms with E-state index in [1.54, 1.807) is 0 Å². The number of benzene rings is 1. The van der Waals surface area contributed by atoms with Crippen LogP contribution in [-0.2, 0) is 0 Å². The average Bonchev–Trinajstić information content (AvgIpc) is 3.20. The van der Waals surface area contributed by atoms with Crippen molar-refractivity contribution in [3.05, 3.63) is 30.0 Å². The summed E-state index contributed by atoms with van der Waals surface area (Å²) in [6.07, 6.45) is 12.6. The molecule has 4 aliphatic rings. The van der Waals surface area contributed by atoms with Gasteiger partial charge in [0.1, 0.15) is 12.4 Å². The summed E-state index contributed by atoms with van der Waals surface area (Å²) in [6, 6.07) is 7.13. The largest absolute Gasteiger partial charge is 0.489 e.